The first-order chi connectivity index (χ1) is 11.4. The Labute approximate surface area is 139 Å². The standard InChI is InChI=1S/C14H19N7O2S/c15-14(19-20-16)13-11(2-1-3-12(13)24(17,22)23)9-4-5-21-8-18-7-10(21)6-9/h1-3,7-9,20H,4-6,16H2,(H2,15,19)(H2,17,22,23). The number of hydrazone groups is 1. The van der Waals surface area contributed by atoms with Gasteiger partial charge in [-0.2, -0.15) is 0 Å². The zero-order chi connectivity index (χ0) is 17.3. The molecule has 1 unspecified atom stereocenters. The van der Waals surface area contributed by atoms with Crippen molar-refractivity contribution in [2.75, 3.05) is 0 Å². The van der Waals surface area contributed by atoms with E-state index in [1.54, 1.807) is 12.4 Å². The number of imidazole rings is 1. The second-order valence-corrected chi connectivity index (χ2v) is 7.19. The van der Waals surface area contributed by atoms with E-state index in [4.69, 9.17) is 16.7 Å². The predicted molar refractivity (Wildman–Crippen MR) is 89.2 cm³/mol. The van der Waals surface area contributed by atoms with E-state index >= 15 is 0 Å². The lowest BCUT2D eigenvalue weighted by molar-refractivity contribution is 0.473. The molecule has 128 valence electrons. The van der Waals surface area contributed by atoms with Gasteiger partial charge in [0.05, 0.1) is 11.2 Å². The number of aryl methyl sites for hydroxylation is 1. The summed E-state index contributed by atoms with van der Waals surface area (Å²) in [5.41, 5.74) is 10.2. The maximum Gasteiger partial charge on any atom is 0.238 e. The Kier molecular flexibility index (Phi) is 4.26. The van der Waals surface area contributed by atoms with Crippen molar-refractivity contribution in [1.82, 2.24) is 15.1 Å². The number of fused-ring (bicyclic) bond motifs is 1. The molecule has 7 N–H and O–H groups in total. The monoisotopic (exact) mass is 349 g/mol. The van der Waals surface area contributed by atoms with E-state index in [1.807, 2.05) is 12.3 Å². The van der Waals surface area contributed by atoms with Crippen LogP contribution in [0.4, 0.5) is 0 Å². The molecule has 2 heterocycles. The molecule has 24 heavy (non-hydrogen) atoms. The van der Waals surface area contributed by atoms with Crippen LogP contribution in [0.1, 0.15) is 29.2 Å². The normalized spacial score (nSPS) is 18.2. The van der Waals surface area contributed by atoms with Gasteiger partial charge in [-0.15, -0.1) is 5.10 Å². The van der Waals surface area contributed by atoms with Crippen molar-refractivity contribution >= 4 is 15.9 Å². The van der Waals surface area contributed by atoms with Crippen LogP contribution in [0.15, 0.2) is 40.7 Å². The fourth-order valence-electron chi connectivity index (χ4n) is 3.16. The highest BCUT2D eigenvalue weighted by Crippen LogP contribution is 2.33. The molecule has 0 spiro atoms. The number of sulfonamides is 1. The van der Waals surface area contributed by atoms with Gasteiger partial charge in [-0.25, -0.2) is 29.9 Å². The Hall–Kier alpha value is -2.43. The Morgan fingerprint density at radius 1 is 1.42 bits per heavy atom. The summed E-state index contributed by atoms with van der Waals surface area (Å²) >= 11 is 0. The van der Waals surface area contributed by atoms with Gasteiger partial charge in [-0.3, -0.25) is 0 Å². The van der Waals surface area contributed by atoms with E-state index in [0.717, 1.165) is 30.6 Å². The molecule has 0 radical (unpaired) electrons. The molecule has 0 fully saturated rings. The molecule has 0 amide bonds. The van der Waals surface area contributed by atoms with E-state index in [2.05, 4.69) is 20.2 Å². The lowest BCUT2D eigenvalue weighted by atomic mass is 9.86. The van der Waals surface area contributed by atoms with Crippen LogP contribution in [0, 0.1) is 0 Å². The number of hydrogen-bond donors (Lipinski definition) is 4. The number of nitrogens with zero attached hydrogens (tertiary/aromatic N) is 3. The Morgan fingerprint density at radius 3 is 2.92 bits per heavy atom. The SMILES string of the molecule is NN/N=C(\N)c1c(C2CCn3cncc3C2)cccc1S(N)(=O)=O. The fourth-order valence-corrected chi connectivity index (χ4v) is 3.93. The lowest BCUT2D eigenvalue weighted by Gasteiger charge is -2.26. The van der Waals surface area contributed by atoms with Crippen LogP contribution in [0.2, 0.25) is 0 Å². The summed E-state index contributed by atoms with van der Waals surface area (Å²) in [5, 5.41) is 9.09. The third kappa shape index (κ3) is 2.98. The Bertz CT molecular complexity index is 888. The van der Waals surface area contributed by atoms with Crippen molar-refractivity contribution in [3.63, 3.8) is 0 Å². The number of nitrogens with two attached hydrogens (primary N) is 3. The highest BCUT2D eigenvalue weighted by atomic mass is 32.2. The van der Waals surface area contributed by atoms with Gasteiger partial charge in [0.2, 0.25) is 10.0 Å². The predicted octanol–water partition coefficient (Wildman–Crippen LogP) is -0.656. The van der Waals surface area contributed by atoms with E-state index in [-0.39, 0.29) is 16.6 Å². The molecule has 3 rings (SSSR count). The molecular weight excluding hydrogens is 330 g/mol. The number of hydrogen-bond acceptors (Lipinski definition) is 6. The number of primary sulfonamides is 1. The van der Waals surface area contributed by atoms with E-state index in [1.165, 1.54) is 6.07 Å². The van der Waals surface area contributed by atoms with Gasteiger partial charge in [0.15, 0.2) is 5.84 Å². The van der Waals surface area contributed by atoms with Crippen molar-refractivity contribution < 1.29 is 8.42 Å². The van der Waals surface area contributed by atoms with Crippen LogP contribution in [0.5, 0.6) is 0 Å². The molecular formula is C14H19N7O2S. The average molecular weight is 349 g/mol. The number of rotatable bonds is 4. The number of benzene rings is 1. The van der Waals surface area contributed by atoms with Crippen LogP contribution in [-0.4, -0.2) is 23.8 Å². The molecule has 0 saturated heterocycles. The minimum Gasteiger partial charge on any atom is -0.382 e. The van der Waals surface area contributed by atoms with Crippen LogP contribution in [0.25, 0.3) is 0 Å². The molecule has 1 aromatic carbocycles. The number of hydrazine groups is 1. The first kappa shape index (κ1) is 16.4. The second kappa shape index (κ2) is 6.23. The molecule has 0 aliphatic carbocycles. The minimum absolute atomic E-state index is 0.0174. The zero-order valence-corrected chi connectivity index (χ0v) is 13.7. The van der Waals surface area contributed by atoms with Crippen LogP contribution >= 0.6 is 0 Å². The molecule has 1 atom stereocenters. The largest absolute Gasteiger partial charge is 0.382 e. The maximum absolute atomic E-state index is 12.0. The van der Waals surface area contributed by atoms with Gasteiger partial charge >= 0.3 is 0 Å². The van der Waals surface area contributed by atoms with Crippen molar-refractivity contribution in [2.45, 2.75) is 30.2 Å². The molecule has 0 bridgehead atoms. The molecule has 9 nitrogen and oxygen atoms in total. The van der Waals surface area contributed by atoms with Gasteiger partial charge in [0.25, 0.3) is 0 Å². The van der Waals surface area contributed by atoms with Crippen molar-refractivity contribution in [3.05, 3.63) is 47.5 Å². The smallest absolute Gasteiger partial charge is 0.238 e. The summed E-state index contributed by atoms with van der Waals surface area (Å²) < 4.78 is 26.0. The average Bonchev–Trinajstić information content (AvgIpc) is 3.01. The third-order valence-electron chi connectivity index (χ3n) is 4.22. The van der Waals surface area contributed by atoms with Crippen molar-refractivity contribution in [3.8, 4) is 0 Å². The fraction of sp³-hybridized carbons (Fsp3) is 0.286. The summed E-state index contributed by atoms with van der Waals surface area (Å²) in [7, 11) is -3.95. The zero-order valence-electron chi connectivity index (χ0n) is 12.9. The summed E-state index contributed by atoms with van der Waals surface area (Å²) in [5.74, 6) is 5.26. The van der Waals surface area contributed by atoms with E-state index in [0.29, 0.717) is 5.56 Å². The lowest BCUT2D eigenvalue weighted by Crippen LogP contribution is -2.29. The molecule has 2 aromatic rings. The highest BCUT2D eigenvalue weighted by Gasteiger charge is 2.27. The van der Waals surface area contributed by atoms with Gasteiger partial charge in [0, 0.05) is 24.0 Å². The maximum atomic E-state index is 12.0. The van der Waals surface area contributed by atoms with Crippen LogP contribution in [0.3, 0.4) is 0 Å². The van der Waals surface area contributed by atoms with Gasteiger partial charge in [-0.05, 0) is 30.4 Å². The number of amidine groups is 1. The van der Waals surface area contributed by atoms with Crippen LogP contribution in [-0.2, 0) is 23.0 Å². The van der Waals surface area contributed by atoms with Crippen molar-refractivity contribution in [1.29, 1.82) is 0 Å². The molecule has 1 aromatic heterocycles. The topological polar surface area (TPSA) is 154 Å². The molecule has 0 saturated carbocycles. The minimum atomic E-state index is -3.95. The van der Waals surface area contributed by atoms with Crippen molar-refractivity contribution in [2.24, 2.45) is 21.8 Å². The summed E-state index contributed by atoms with van der Waals surface area (Å²) in [6.07, 6.45) is 5.16. The Morgan fingerprint density at radius 2 is 2.21 bits per heavy atom. The second-order valence-electron chi connectivity index (χ2n) is 5.66. The molecule has 1 aliphatic rings. The Balaban J connectivity index is 2.13. The molecule has 1 aliphatic heterocycles. The highest BCUT2D eigenvalue weighted by molar-refractivity contribution is 7.89. The van der Waals surface area contributed by atoms with Gasteiger partial charge < -0.3 is 10.3 Å². The number of aromatic nitrogens is 2. The van der Waals surface area contributed by atoms with Crippen LogP contribution < -0.4 is 22.3 Å². The van der Waals surface area contributed by atoms with E-state index in [9.17, 15) is 8.42 Å². The summed E-state index contributed by atoms with van der Waals surface area (Å²) in [6.45, 7) is 0.797. The summed E-state index contributed by atoms with van der Waals surface area (Å²) in [6, 6.07) is 4.92. The third-order valence-corrected chi connectivity index (χ3v) is 5.17. The number of nitrogens with one attached hydrogen (secondary N) is 1. The summed E-state index contributed by atoms with van der Waals surface area (Å²) in [4.78, 5) is 4.09. The molecule has 10 heteroatoms. The quantitative estimate of drug-likeness (QED) is 0.249. The van der Waals surface area contributed by atoms with Gasteiger partial charge in [-0.1, -0.05) is 12.1 Å². The van der Waals surface area contributed by atoms with E-state index < -0.39 is 10.0 Å². The van der Waals surface area contributed by atoms with Gasteiger partial charge in [0.1, 0.15) is 0 Å². The first-order valence-corrected chi connectivity index (χ1v) is 8.90. The first-order valence-electron chi connectivity index (χ1n) is 7.35.